The number of carboxylic acid groups (broad SMARTS) is 1. The highest BCUT2D eigenvalue weighted by atomic mass is 35.5. The summed E-state index contributed by atoms with van der Waals surface area (Å²) in [5.41, 5.74) is 0.225. The lowest BCUT2D eigenvalue weighted by Crippen LogP contribution is -2.32. The molecule has 6 nitrogen and oxygen atoms in total. The van der Waals surface area contributed by atoms with Gasteiger partial charge in [-0.1, -0.05) is 35.3 Å². The summed E-state index contributed by atoms with van der Waals surface area (Å²) in [7, 11) is 0. The van der Waals surface area contributed by atoms with E-state index in [2.05, 4.69) is 5.32 Å². The van der Waals surface area contributed by atoms with Crippen molar-refractivity contribution in [3.8, 4) is 0 Å². The second-order valence-corrected chi connectivity index (χ2v) is 5.90. The maximum absolute atomic E-state index is 12.6. The normalized spacial score (nSPS) is 14.2. The van der Waals surface area contributed by atoms with Crippen molar-refractivity contribution in [1.82, 2.24) is 0 Å². The first-order valence-electron chi connectivity index (χ1n) is 7.03. The van der Waals surface area contributed by atoms with Crippen LogP contribution in [-0.2, 0) is 9.59 Å². The number of nitrogens with one attached hydrogen (secondary N) is 1. The number of hydrogen-bond acceptors (Lipinski definition) is 4. The predicted molar refractivity (Wildman–Crippen MR) is 93.8 cm³/mol. The minimum absolute atomic E-state index is 0.0512. The van der Waals surface area contributed by atoms with Crippen molar-refractivity contribution in [1.29, 1.82) is 0 Å². The van der Waals surface area contributed by atoms with Crippen molar-refractivity contribution in [3.05, 3.63) is 69.8 Å². The second-order valence-electron chi connectivity index (χ2n) is 5.09. The molecule has 1 heterocycles. The molecule has 0 aliphatic carbocycles. The van der Waals surface area contributed by atoms with Gasteiger partial charge in [-0.25, -0.2) is 9.69 Å². The van der Waals surface area contributed by atoms with E-state index in [0.29, 0.717) is 10.7 Å². The third-order valence-corrected chi connectivity index (χ3v) is 4.13. The van der Waals surface area contributed by atoms with Crippen molar-refractivity contribution in [2.75, 3.05) is 10.2 Å². The minimum atomic E-state index is -1.17. The van der Waals surface area contributed by atoms with Gasteiger partial charge < -0.3 is 10.4 Å². The monoisotopic (exact) mass is 376 g/mol. The van der Waals surface area contributed by atoms with E-state index in [4.69, 9.17) is 23.2 Å². The molecule has 1 aliphatic rings. The maximum Gasteiger partial charge on any atom is 0.337 e. The Labute approximate surface area is 152 Å². The summed E-state index contributed by atoms with van der Waals surface area (Å²) in [6.07, 6.45) is 0. The highest BCUT2D eigenvalue weighted by Crippen LogP contribution is 2.31. The van der Waals surface area contributed by atoms with Gasteiger partial charge in [0.2, 0.25) is 0 Å². The number of aromatic carboxylic acids is 1. The van der Waals surface area contributed by atoms with Crippen molar-refractivity contribution in [3.63, 3.8) is 0 Å². The molecule has 0 fully saturated rings. The standard InChI is InChI=1S/C17H10Cl2N2O4/c18-9-5-7-10(8-6-9)21-15(22)13(19)14(16(21)23)20-12-4-2-1-3-11(12)17(24)25/h1-8,20H,(H,24,25). The van der Waals surface area contributed by atoms with E-state index in [9.17, 15) is 19.5 Å². The first-order chi connectivity index (χ1) is 11.9. The van der Waals surface area contributed by atoms with Crippen molar-refractivity contribution in [2.24, 2.45) is 0 Å². The van der Waals surface area contributed by atoms with Gasteiger partial charge >= 0.3 is 5.97 Å². The van der Waals surface area contributed by atoms with Gasteiger partial charge in [0, 0.05) is 5.02 Å². The zero-order chi connectivity index (χ0) is 18.1. The molecule has 3 rings (SSSR count). The van der Waals surface area contributed by atoms with Crippen LogP contribution in [0.1, 0.15) is 10.4 Å². The molecule has 0 radical (unpaired) electrons. The number of anilines is 2. The van der Waals surface area contributed by atoms with Crippen LogP contribution >= 0.6 is 23.2 Å². The van der Waals surface area contributed by atoms with E-state index in [1.807, 2.05) is 0 Å². The Balaban J connectivity index is 1.95. The highest BCUT2D eigenvalue weighted by molar-refractivity contribution is 6.53. The van der Waals surface area contributed by atoms with Crippen LogP contribution in [-0.4, -0.2) is 22.9 Å². The van der Waals surface area contributed by atoms with Gasteiger partial charge in [-0.3, -0.25) is 9.59 Å². The number of benzene rings is 2. The Bertz CT molecular complexity index is 923. The molecule has 0 saturated heterocycles. The molecule has 0 spiro atoms. The third kappa shape index (κ3) is 3.09. The number of rotatable bonds is 4. The van der Waals surface area contributed by atoms with Crippen LogP contribution in [0, 0.1) is 0 Å². The molecule has 0 saturated carbocycles. The number of para-hydroxylation sites is 1. The van der Waals surface area contributed by atoms with Gasteiger partial charge in [0.05, 0.1) is 16.9 Å². The topological polar surface area (TPSA) is 86.7 Å². The first-order valence-corrected chi connectivity index (χ1v) is 7.79. The van der Waals surface area contributed by atoms with Crippen LogP contribution in [0.3, 0.4) is 0 Å². The van der Waals surface area contributed by atoms with Gasteiger partial charge in [-0.15, -0.1) is 0 Å². The van der Waals surface area contributed by atoms with Gasteiger partial charge in [0.15, 0.2) is 0 Å². The average molecular weight is 377 g/mol. The molecule has 0 bridgehead atoms. The molecule has 2 amide bonds. The number of carboxylic acids is 1. The highest BCUT2D eigenvalue weighted by Gasteiger charge is 2.39. The largest absolute Gasteiger partial charge is 0.478 e. The quantitative estimate of drug-likeness (QED) is 0.797. The van der Waals surface area contributed by atoms with E-state index in [1.54, 1.807) is 12.1 Å². The minimum Gasteiger partial charge on any atom is -0.478 e. The predicted octanol–water partition coefficient (Wildman–Crippen LogP) is 3.47. The summed E-state index contributed by atoms with van der Waals surface area (Å²) in [4.78, 5) is 37.1. The number of amides is 2. The van der Waals surface area contributed by atoms with Gasteiger partial charge in [-0.2, -0.15) is 0 Å². The molecule has 0 atom stereocenters. The molecule has 126 valence electrons. The number of imide groups is 1. The van der Waals surface area contributed by atoms with Crippen LogP contribution in [0.15, 0.2) is 59.3 Å². The molecule has 2 N–H and O–H groups in total. The van der Waals surface area contributed by atoms with Gasteiger partial charge in [0.25, 0.3) is 11.8 Å². The zero-order valence-corrected chi connectivity index (χ0v) is 14.0. The van der Waals surface area contributed by atoms with Crippen molar-refractivity contribution < 1.29 is 19.5 Å². The molecule has 2 aromatic rings. The Morgan fingerprint density at radius 2 is 1.60 bits per heavy atom. The Morgan fingerprint density at radius 1 is 0.960 bits per heavy atom. The molecular formula is C17H10Cl2N2O4. The lowest BCUT2D eigenvalue weighted by Gasteiger charge is -2.15. The molecule has 2 aromatic carbocycles. The summed E-state index contributed by atoms with van der Waals surface area (Å²) < 4.78 is 0. The molecule has 25 heavy (non-hydrogen) atoms. The van der Waals surface area contributed by atoms with E-state index in [1.165, 1.54) is 36.4 Å². The van der Waals surface area contributed by atoms with Crippen LogP contribution in [0.2, 0.25) is 5.02 Å². The second kappa shape index (κ2) is 6.58. The van der Waals surface area contributed by atoms with Crippen LogP contribution in [0.25, 0.3) is 0 Å². The molecular weight excluding hydrogens is 367 g/mol. The fraction of sp³-hybridized carbons (Fsp3) is 0. The van der Waals surface area contributed by atoms with E-state index >= 15 is 0 Å². The fourth-order valence-electron chi connectivity index (χ4n) is 2.35. The van der Waals surface area contributed by atoms with Crippen LogP contribution in [0.4, 0.5) is 11.4 Å². The number of nitrogens with zero attached hydrogens (tertiary/aromatic N) is 1. The number of carbonyl (C=O) groups excluding carboxylic acids is 2. The molecule has 0 aromatic heterocycles. The van der Waals surface area contributed by atoms with Gasteiger partial charge in [0.1, 0.15) is 10.7 Å². The Kier molecular flexibility index (Phi) is 4.48. The van der Waals surface area contributed by atoms with Crippen molar-refractivity contribution in [2.45, 2.75) is 0 Å². The maximum atomic E-state index is 12.6. The van der Waals surface area contributed by atoms with E-state index in [-0.39, 0.29) is 22.0 Å². The summed E-state index contributed by atoms with van der Waals surface area (Å²) in [6.45, 7) is 0. The lowest BCUT2D eigenvalue weighted by molar-refractivity contribution is -0.120. The van der Waals surface area contributed by atoms with Crippen LogP contribution < -0.4 is 10.2 Å². The van der Waals surface area contributed by atoms with Crippen LogP contribution in [0.5, 0.6) is 0 Å². The third-order valence-electron chi connectivity index (χ3n) is 3.53. The smallest absolute Gasteiger partial charge is 0.337 e. The fourth-order valence-corrected chi connectivity index (χ4v) is 2.69. The number of halogens is 2. The molecule has 8 heteroatoms. The summed E-state index contributed by atoms with van der Waals surface area (Å²) in [5.74, 6) is -2.56. The number of carbonyl (C=O) groups is 3. The summed E-state index contributed by atoms with van der Waals surface area (Å²) in [6, 6.07) is 12.1. The lowest BCUT2D eigenvalue weighted by atomic mass is 10.1. The molecule has 0 unspecified atom stereocenters. The van der Waals surface area contributed by atoms with Gasteiger partial charge in [-0.05, 0) is 36.4 Å². The summed E-state index contributed by atoms with van der Waals surface area (Å²) in [5, 5.41) is 12.0. The average Bonchev–Trinajstić information content (AvgIpc) is 2.80. The zero-order valence-electron chi connectivity index (χ0n) is 12.5. The molecule has 1 aliphatic heterocycles. The van der Waals surface area contributed by atoms with E-state index < -0.39 is 17.8 Å². The Morgan fingerprint density at radius 3 is 2.24 bits per heavy atom. The Hall–Kier alpha value is -2.83. The number of hydrogen-bond donors (Lipinski definition) is 2. The van der Waals surface area contributed by atoms with Crippen molar-refractivity contribution >= 4 is 52.4 Å². The first kappa shape index (κ1) is 17.0. The summed E-state index contributed by atoms with van der Waals surface area (Å²) >= 11 is 11.8. The van der Waals surface area contributed by atoms with E-state index in [0.717, 1.165) is 4.90 Å². The SMILES string of the molecule is O=C(O)c1ccccc1NC1=C(Cl)C(=O)N(c2ccc(Cl)cc2)C1=O.